The number of hydrogen-bond donors (Lipinski definition) is 2. The molecule has 7 nitrogen and oxygen atoms in total. The predicted octanol–water partition coefficient (Wildman–Crippen LogP) is 2.40. The van der Waals surface area contributed by atoms with E-state index in [-0.39, 0.29) is 23.7 Å². The topological polar surface area (TPSA) is 89.3 Å². The van der Waals surface area contributed by atoms with Crippen molar-refractivity contribution in [3.8, 4) is 0 Å². The first-order valence-electron chi connectivity index (χ1n) is 6.89. The molecule has 1 aromatic heterocycles. The fourth-order valence-corrected chi connectivity index (χ4v) is 2.29. The zero-order valence-electron chi connectivity index (χ0n) is 11.8. The number of rotatable bonds is 6. The molecule has 0 aromatic carbocycles. The number of aromatic nitrogens is 1. The predicted molar refractivity (Wildman–Crippen MR) is 77.1 cm³/mol. The molecule has 0 aliphatic carbocycles. The van der Waals surface area contributed by atoms with Crippen LogP contribution in [-0.2, 0) is 4.74 Å². The second kappa shape index (κ2) is 6.51. The van der Waals surface area contributed by atoms with Gasteiger partial charge in [-0.2, -0.15) is 0 Å². The summed E-state index contributed by atoms with van der Waals surface area (Å²) in [7, 11) is 0. The van der Waals surface area contributed by atoms with Gasteiger partial charge >= 0.3 is 5.69 Å². The Hall–Kier alpha value is -1.89. The van der Waals surface area contributed by atoms with Crippen molar-refractivity contribution in [1.29, 1.82) is 0 Å². The monoisotopic (exact) mass is 280 g/mol. The summed E-state index contributed by atoms with van der Waals surface area (Å²) in [5.41, 5.74) is -0.0171. The lowest BCUT2D eigenvalue weighted by molar-refractivity contribution is -0.384. The van der Waals surface area contributed by atoms with Gasteiger partial charge in [-0.15, -0.1) is 0 Å². The van der Waals surface area contributed by atoms with E-state index >= 15 is 0 Å². The van der Waals surface area contributed by atoms with E-state index in [0.717, 1.165) is 19.4 Å². The van der Waals surface area contributed by atoms with Crippen LogP contribution in [0.1, 0.15) is 26.7 Å². The number of nitro groups is 1. The van der Waals surface area contributed by atoms with Crippen molar-refractivity contribution in [2.24, 2.45) is 0 Å². The molecule has 0 bridgehead atoms. The number of nitrogens with zero attached hydrogens (tertiary/aromatic N) is 2. The second-order valence-corrected chi connectivity index (χ2v) is 4.84. The quantitative estimate of drug-likeness (QED) is 0.614. The summed E-state index contributed by atoms with van der Waals surface area (Å²) >= 11 is 0. The lowest BCUT2D eigenvalue weighted by Gasteiger charge is -2.20. The van der Waals surface area contributed by atoms with Gasteiger partial charge in [0.05, 0.1) is 17.1 Å². The molecule has 2 N–H and O–H groups in total. The van der Waals surface area contributed by atoms with Gasteiger partial charge in [-0.1, -0.05) is 0 Å². The summed E-state index contributed by atoms with van der Waals surface area (Å²) in [6.07, 6.45) is 2.08. The third-order valence-corrected chi connectivity index (χ3v) is 3.32. The highest BCUT2D eigenvalue weighted by Crippen LogP contribution is 2.26. The summed E-state index contributed by atoms with van der Waals surface area (Å²) in [6.45, 7) is 5.38. The average Bonchev–Trinajstić information content (AvgIpc) is 2.93. The van der Waals surface area contributed by atoms with Crippen LogP contribution in [-0.4, -0.2) is 35.2 Å². The Labute approximate surface area is 117 Å². The summed E-state index contributed by atoms with van der Waals surface area (Å²) in [5.74, 6) is 0.914. The van der Waals surface area contributed by atoms with E-state index in [1.54, 1.807) is 6.07 Å². The molecule has 2 rings (SSSR count). The van der Waals surface area contributed by atoms with Gasteiger partial charge in [0, 0.05) is 19.2 Å². The third-order valence-electron chi connectivity index (χ3n) is 3.32. The molecule has 2 atom stereocenters. The van der Waals surface area contributed by atoms with Crippen LogP contribution in [0.25, 0.3) is 0 Å². The Kier molecular flexibility index (Phi) is 4.73. The van der Waals surface area contributed by atoms with Gasteiger partial charge in [-0.25, -0.2) is 4.98 Å². The standard InChI is InChI=1S/C13H20N4O3/c1-3-14-12-7-6-10(17(18)19)13(16-12)15-9(2)11-5-4-8-20-11/h6-7,9,11H,3-5,8H2,1-2H3,(H2,14,15,16). The molecule has 110 valence electrons. The molecule has 0 radical (unpaired) electrons. The highest BCUT2D eigenvalue weighted by Gasteiger charge is 2.25. The van der Waals surface area contributed by atoms with Crippen molar-refractivity contribution < 1.29 is 9.66 Å². The van der Waals surface area contributed by atoms with Crippen LogP contribution in [0.3, 0.4) is 0 Å². The molecule has 1 aliphatic heterocycles. The van der Waals surface area contributed by atoms with E-state index in [1.807, 2.05) is 13.8 Å². The van der Waals surface area contributed by atoms with Gasteiger partial charge in [0.1, 0.15) is 5.82 Å². The minimum Gasteiger partial charge on any atom is -0.376 e. The number of ether oxygens (including phenoxy) is 1. The number of anilines is 2. The van der Waals surface area contributed by atoms with Crippen molar-refractivity contribution in [3.63, 3.8) is 0 Å². The molecular weight excluding hydrogens is 260 g/mol. The van der Waals surface area contributed by atoms with Crippen LogP contribution >= 0.6 is 0 Å². The van der Waals surface area contributed by atoms with Gasteiger partial charge in [0.25, 0.3) is 0 Å². The number of pyridine rings is 1. The molecule has 2 heterocycles. The second-order valence-electron chi connectivity index (χ2n) is 4.84. The molecule has 7 heteroatoms. The Morgan fingerprint density at radius 2 is 2.40 bits per heavy atom. The fourth-order valence-electron chi connectivity index (χ4n) is 2.29. The molecule has 0 spiro atoms. The maximum absolute atomic E-state index is 11.1. The maximum atomic E-state index is 11.1. The van der Waals surface area contributed by atoms with E-state index in [9.17, 15) is 10.1 Å². The van der Waals surface area contributed by atoms with Crippen LogP contribution in [0.2, 0.25) is 0 Å². The first kappa shape index (κ1) is 14.5. The van der Waals surface area contributed by atoms with Crippen LogP contribution in [0.15, 0.2) is 12.1 Å². The molecule has 0 amide bonds. The molecule has 1 aromatic rings. The summed E-state index contributed by atoms with van der Waals surface area (Å²) in [4.78, 5) is 14.9. The molecule has 1 saturated heterocycles. The average molecular weight is 280 g/mol. The highest BCUT2D eigenvalue weighted by molar-refractivity contribution is 5.60. The van der Waals surface area contributed by atoms with Crippen LogP contribution in [0.4, 0.5) is 17.3 Å². The number of hydrogen-bond acceptors (Lipinski definition) is 6. The number of nitrogens with one attached hydrogen (secondary N) is 2. The van der Waals surface area contributed by atoms with E-state index in [0.29, 0.717) is 12.4 Å². The van der Waals surface area contributed by atoms with Crippen LogP contribution < -0.4 is 10.6 Å². The van der Waals surface area contributed by atoms with E-state index in [2.05, 4.69) is 15.6 Å². The van der Waals surface area contributed by atoms with Gasteiger partial charge in [-0.05, 0) is 32.8 Å². The largest absolute Gasteiger partial charge is 0.376 e. The molecule has 1 aliphatic rings. The summed E-state index contributed by atoms with van der Waals surface area (Å²) in [6, 6.07) is 3.07. The maximum Gasteiger partial charge on any atom is 0.311 e. The summed E-state index contributed by atoms with van der Waals surface area (Å²) < 4.78 is 5.59. The van der Waals surface area contributed by atoms with Crippen LogP contribution in [0, 0.1) is 10.1 Å². The van der Waals surface area contributed by atoms with Crippen molar-refractivity contribution in [3.05, 3.63) is 22.2 Å². The molecule has 2 unspecified atom stereocenters. The zero-order valence-corrected chi connectivity index (χ0v) is 11.8. The third kappa shape index (κ3) is 3.36. The Balaban J connectivity index is 2.17. The lowest BCUT2D eigenvalue weighted by Crippen LogP contribution is -2.30. The van der Waals surface area contributed by atoms with E-state index in [1.165, 1.54) is 6.07 Å². The van der Waals surface area contributed by atoms with Gasteiger partial charge in [0.2, 0.25) is 5.82 Å². The molecule has 20 heavy (non-hydrogen) atoms. The Morgan fingerprint density at radius 3 is 3.00 bits per heavy atom. The SMILES string of the molecule is CCNc1ccc([N+](=O)[O-])c(NC(C)C2CCCO2)n1. The van der Waals surface area contributed by atoms with E-state index < -0.39 is 4.92 Å². The Bertz CT molecular complexity index is 475. The molecule has 0 saturated carbocycles. The lowest BCUT2D eigenvalue weighted by atomic mass is 10.1. The van der Waals surface area contributed by atoms with Crippen molar-refractivity contribution in [2.45, 2.75) is 38.8 Å². The fraction of sp³-hybridized carbons (Fsp3) is 0.615. The van der Waals surface area contributed by atoms with Gasteiger partial charge < -0.3 is 15.4 Å². The van der Waals surface area contributed by atoms with Crippen molar-refractivity contribution in [1.82, 2.24) is 4.98 Å². The molecular formula is C13H20N4O3. The minimum atomic E-state index is -0.423. The first-order valence-corrected chi connectivity index (χ1v) is 6.89. The highest BCUT2D eigenvalue weighted by atomic mass is 16.6. The van der Waals surface area contributed by atoms with Crippen LogP contribution in [0.5, 0.6) is 0 Å². The van der Waals surface area contributed by atoms with Crippen molar-refractivity contribution >= 4 is 17.3 Å². The normalized spacial score (nSPS) is 19.6. The first-order chi connectivity index (χ1) is 9.61. The zero-order chi connectivity index (χ0) is 14.5. The smallest absolute Gasteiger partial charge is 0.311 e. The Morgan fingerprint density at radius 1 is 1.60 bits per heavy atom. The van der Waals surface area contributed by atoms with Gasteiger partial charge in [-0.3, -0.25) is 10.1 Å². The van der Waals surface area contributed by atoms with E-state index in [4.69, 9.17) is 4.74 Å². The summed E-state index contributed by atoms with van der Waals surface area (Å²) in [5, 5.41) is 17.2. The molecule has 1 fully saturated rings. The van der Waals surface area contributed by atoms with Crippen molar-refractivity contribution in [2.75, 3.05) is 23.8 Å². The minimum absolute atomic E-state index is 0.0134. The van der Waals surface area contributed by atoms with Gasteiger partial charge in [0.15, 0.2) is 0 Å².